The fraction of sp³-hybridized carbons (Fsp3) is 0.467. The standard InChI is InChI=1S/C15H19N3O2/c16-7-3-9-20-11-5-6-13-12(10-11)15(19)18-8-2-1-4-14(18)17-13/h5-6,10H,1-4,7-9,16H2. The van der Waals surface area contributed by atoms with Crippen LogP contribution < -0.4 is 16.0 Å². The largest absolute Gasteiger partial charge is 0.494 e. The van der Waals surface area contributed by atoms with Crippen LogP contribution in [0.3, 0.4) is 0 Å². The van der Waals surface area contributed by atoms with Crippen LogP contribution in [-0.2, 0) is 13.0 Å². The first-order chi connectivity index (χ1) is 9.79. The van der Waals surface area contributed by atoms with Crippen LogP contribution >= 0.6 is 0 Å². The fourth-order valence-corrected chi connectivity index (χ4v) is 2.58. The lowest BCUT2D eigenvalue weighted by molar-refractivity contribution is 0.314. The van der Waals surface area contributed by atoms with Crippen LogP contribution in [0.5, 0.6) is 5.75 Å². The van der Waals surface area contributed by atoms with E-state index in [0.717, 1.165) is 43.6 Å². The molecule has 1 aliphatic rings. The highest BCUT2D eigenvalue weighted by Gasteiger charge is 2.14. The molecule has 0 saturated heterocycles. The van der Waals surface area contributed by atoms with E-state index in [0.29, 0.717) is 24.3 Å². The summed E-state index contributed by atoms with van der Waals surface area (Å²) >= 11 is 0. The molecule has 1 aromatic carbocycles. The minimum Gasteiger partial charge on any atom is -0.494 e. The van der Waals surface area contributed by atoms with Gasteiger partial charge in [0.25, 0.3) is 5.56 Å². The molecule has 0 atom stereocenters. The Morgan fingerprint density at radius 3 is 3.10 bits per heavy atom. The number of benzene rings is 1. The summed E-state index contributed by atoms with van der Waals surface area (Å²) in [4.78, 5) is 17.1. The quantitative estimate of drug-likeness (QED) is 0.856. The second-order valence-corrected chi connectivity index (χ2v) is 5.11. The Balaban J connectivity index is 2.00. The van der Waals surface area contributed by atoms with Gasteiger partial charge in [-0.15, -0.1) is 0 Å². The van der Waals surface area contributed by atoms with E-state index >= 15 is 0 Å². The van der Waals surface area contributed by atoms with Gasteiger partial charge < -0.3 is 10.5 Å². The zero-order chi connectivity index (χ0) is 13.9. The van der Waals surface area contributed by atoms with Gasteiger partial charge in [0.05, 0.1) is 17.5 Å². The van der Waals surface area contributed by atoms with Gasteiger partial charge in [0, 0.05) is 13.0 Å². The summed E-state index contributed by atoms with van der Waals surface area (Å²) in [6, 6.07) is 5.53. The lowest BCUT2D eigenvalue weighted by Crippen LogP contribution is -2.28. The molecular weight excluding hydrogens is 254 g/mol. The number of nitrogens with two attached hydrogens (primary N) is 1. The van der Waals surface area contributed by atoms with Crippen molar-refractivity contribution < 1.29 is 4.74 Å². The highest BCUT2D eigenvalue weighted by molar-refractivity contribution is 5.79. The van der Waals surface area contributed by atoms with Gasteiger partial charge in [0.2, 0.25) is 0 Å². The van der Waals surface area contributed by atoms with E-state index in [1.54, 1.807) is 10.6 Å². The van der Waals surface area contributed by atoms with Gasteiger partial charge in [0.15, 0.2) is 0 Å². The zero-order valence-corrected chi connectivity index (χ0v) is 11.5. The van der Waals surface area contributed by atoms with Crippen molar-refractivity contribution in [2.45, 2.75) is 32.2 Å². The molecule has 1 aliphatic heterocycles. The van der Waals surface area contributed by atoms with Gasteiger partial charge in [-0.25, -0.2) is 4.98 Å². The van der Waals surface area contributed by atoms with Gasteiger partial charge in [-0.05, 0) is 44.0 Å². The molecule has 2 N–H and O–H groups in total. The lowest BCUT2D eigenvalue weighted by Gasteiger charge is -2.18. The smallest absolute Gasteiger partial charge is 0.261 e. The molecule has 5 heteroatoms. The predicted molar refractivity (Wildman–Crippen MR) is 78.1 cm³/mol. The maximum absolute atomic E-state index is 12.5. The Morgan fingerprint density at radius 1 is 1.35 bits per heavy atom. The van der Waals surface area contributed by atoms with E-state index in [2.05, 4.69) is 4.98 Å². The number of rotatable bonds is 4. The first-order valence-corrected chi connectivity index (χ1v) is 7.16. The summed E-state index contributed by atoms with van der Waals surface area (Å²) in [5.41, 5.74) is 6.25. The monoisotopic (exact) mass is 273 g/mol. The summed E-state index contributed by atoms with van der Waals surface area (Å²) < 4.78 is 7.40. The highest BCUT2D eigenvalue weighted by Crippen LogP contribution is 2.19. The molecule has 0 fully saturated rings. The molecule has 2 aromatic rings. The van der Waals surface area contributed by atoms with E-state index in [-0.39, 0.29) is 5.56 Å². The molecule has 106 valence electrons. The SMILES string of the molecule is NCCCOc1ccc2nc3n(c(=O)c2c1)CCCC3. The van der Waals surface area contributed by atoms with Gasteiger partial charge in [0.1, 0.15) is 11.6 Å². The highest BCUT2D eigenvalue weighted by atomic mass is 16.5. The first kappa shape index (κ1) is 13.1. The van der Waals surface area contributed by atoms with Crippen LogP contribution in [0.25, 0.3) is 10.9 Å². The number of hydrogen-bond donors (Lipinski definition) is 1. The average Bonchev–Trinajstić information content (AvgIpc) is 2.48. The van der Waals surface area contributed by atoms with Crippen molar-refractivity contribution in [2.75, 3.05) is 13.2 Å². The molecule has 0 amide bonds. The summed E-state index contributed by atoms with van der Waals surface area (Å²) in [6.45, 7) is 1.95. The minimum atomic E-state index is 0.0500. The summed E-state index contributed by atoms with van der Waals surface area (Å²) in [5.74, 6) is 1.62. The van der Waals surface area contributed by atoms with Crippen molar-refractivity contribution in [3.8, 4) is 5.75 Å². The Morgan fingerprint density at radius 2 is 2.25 bits per heavy atom. The van der Waals surface area contributed by atoms with Crippen LogP contribution in [0.2, 0.25) is 0 Å². The zero-order valence-electron chi connectivity index (χ0n) is 11.5. The lowest BCUT2D eigenvalue weighted by atomic mass is 10.1. The summed E-state index contributed by atoms with van der Waals surface area (Å²) in [5, 5.41) is 0.640. The van der Waals surface area contributed by atoms with E-state index < -0.39 is 0 Å². The molecule has 2 heterocycles. The third-order valence-electron chi connectivity index (χ3n) is 3.65. The van der Waals surface area contributed by atoms with Crippen molar-refractivity contribution in [1.82, 2.24) is 9.55 Å². The van der Waals surface area contributed by atoms with Crippen molar-refractivity contribution in [1.29, 1.82) is 0 Å². The van der Waals surface area contributed by atoms with E-state index in [1.807, 2.05) is 12.1 Å². The predicted octanol–water partition coefficient (Wildman–Crippen LogP) is 1.46. The van der Waals surface area contributed by atoms with Gasteiger partial charge in [-0.3, -0.25) is 9.36 Å². The summed E-state index contributed by atoms with van der Waals surface area (Å²) in [7, 11) is 0. The topological polar surface area (TPSA) is 70.1 Å². The van der Waals surface area contributed by atoms with Crippen molar-refractivity contribution in [3.05, 3.63) is 34.4 Å². The summed E-state index contributed by atoms with van der Waals surface area (Å²) in [6.07, 6.45) is 3.85. The maximum atomic E-state index is 12.5. The molecule has 0 bridgehead atoms. The number of nitrogens with zero attached hydrogens (tertiary/aromatic N) is 2. The molecule has 1 aromatic heterocycles. The molecule has 5 nitrogen and oxygen atoms in total. The van der Waals surface area contributed by atoms with Crippen molar-refractivity contribution >= 4 is 10.9 Å². The van der Waals surface area contributed by atoms with E-state index in [4.69, 9.17) is 10.5 Å². The molecule has 0 radical (unpaired) electrons. The van der Waals surface area contributed by atoms with Gasteiger partial charge >= 0.3 is 0 Å². The third-order valence-corrected chi connectivity index (χ3v) is 3.65. The second-order valence-electron chi connectivity index (χ2n) is 5.11. The number of aryl methyl sites for hydroxylation is 1. The Hall–Kier alpha value is -1.88. The second kappa shape index (κ2) is 5.63. The molecule has 0 aliphatic carbocycles. The number of hydrogen-bond acceptors (Lipinski definition) is 4. The number of fused-ring (bicyclic) bond motifs is 2. The average molecular weight is 273 g/mol. The van der Waals surface area contributed by atoms with E-state index in [9.17, 15) is 4.79 Å². The molecular formula is C15H19N3O2. The third kappa shape index (κ3) is 2.41. The van der Waals surface area contributed by atoms with Crippen LogP contribution in [-0.4, -0.2) is 22.7 Å². The van der Waals surface area contributed by atoms with Crippen LogP contribution in [0.4, 0.5) is 0 Å². The van der Waals surface area contributed by atoms with Crippen molar-refractivity contribution in [3.63, 3.8) is 0 Å². The maximum Gasteiger partial charge on any atom is 0.261 e. The Kier molecular flexibility index (Phi) is 3.69. The number of aromatic nitrogens is 2. The van der Waals surface area contributed by atoms with Crippen LogP contribution in [0, 0.1) is 0 Å². The van der Waals surface area contributed by atoms with Crippen LogP contribution in [0.1, 0.15) is 25.1 Å². The molecule has 3 rings (SSSR count). The Bertz CT molecular complexity index is 679. The fourth-order valence-electron chi connectivity index (χ4n) is 2.58. The van der Waals surface area contributed by atoms with Gasteiger partial charge in [-0.1, -0.05) is 0 Å². The molecule has 0 spiro atoms. The normalized spacial score (nSPS) is 14.2. The molecule has 20 heavy (non-hydrogen) atoms. The minimum absolute atomic E-state index is 0.0500. The number of ether oxygens (including phenoxy) is 1. The van der Waals surface area contributed by atoms with Gasteiger partial charge in [-0.2, -0.15) is 0 Å². The molecule has 0 saturated carbocycles. The first-order valence-electron chi connectivity index (χ1n) is 7.16. The van der Waals surface area contributed by atoms with E-state index in [1.165, 1.54) is 0 Å². The van der Waals surface area contributed by atoms with Crippen LogP contribution in [0.15, 0.2) is 23.0 Å². The van der Waals surface area contributed by atoms with Crippen molar-refractivity contribution in [2.24, 2.45) is 5.73 Å². The Labute approximate surface area is 117 Å². The molecule has 0 unspecified atom stereocenters.